The van der Waals surface area contributed by atoms with Gasteiger partial charge in [-0.3, -0.25) is 4.31 Å². The zero-order valence-electron chi connectivity index (χ0n) is 15.2. The standard InChI is InChI=1S/C18H26N4O2S/c1-13(2)10-11-15-14(3)19-12-20-18(15)21-16-8-6-7-9-17(16)22(4)25(5,23)24/h6,8,10-12,14,21H,1,7,9H2,2-5H3,(H,19,20)/b11-10-. The van der Waals surface area contributed by atoms with Crippen LogP contribution in [0.25, 0.3) is 0 Å². The summed E-state index contributed by atoms with van der Waals surface area (Å²) in [5.41, 5.74) is 3.42. The van der Waals surface area contributed by atoms with Crippen LogP contribution in [0.4, 0.5) is 0 Å². The molecule has 0 aromatic carbocycles. The lowest BCUT2D eigenvalue weighted by molar-refractivity contribution is 0.512. The van der Waals surface area contributed by atoms with E-state index >= 15 is 0 Å². The van der Waals surface area contributed by atoms with Crippen molar-refractivity contribution in [1.29, 1.82) is 0 Å². The Morgan fingerprint density at radius 2 is 2.24 bits per heavy atom. The topological polar surface area (TPSA) is 73.8 Å². The lowest BCUT2D eigenvalue weighted by Crippen LogP contribution is -2.34. The highest BCUT2D eigenvalue weighted by molar-refractivity contribution is 7.88. The minimum Gasteiger partial charge on any atom is -0.369 e. The van der Waals surface area contributed by atoms with Crippen molar-refractivity contribution in [3.05, 3.63) is 59.2 Å². The molecule has 1 heterocycles. The average molecular weight is 362 g/mol. The minimum absolute atomic E-state index is 0.0832. The second-order valence-electron chi connectivity index (χ2n) is 6.29. The maximum absolute atomic E-state index is 11.9. The number of hydrogen-bond donors (Lipinski definition) is 2. The Morgan fingerprint density at radius 1 is 1.52 bits per heavy atom. The van der Waals surface area contributed by atoms with Gasteiger partial charge in [-0.2, -0.15) is 0 Å². The van der Waals surface area contributed by atoms with Crippen LogP contribution in [0.3, 0.4) is 0 Å². The van der Waals surface area contributed by atoms with E-state index in [4.69, 9.17) is 0 Å². The van der Waals surface area contributed by atoms with Gasteiger partial charge >= 0.3 is 0 Å². The molecule has 2 N–H and O–H groups in total. The molecular formula is C18H26N4O2S. The molecular weight excluding hydrogens is 336 g/mol. The fourth-order valence-electron chi connectivity index (χ4n) is 2.56. The van der Waals surface area contributed by atoms with Crippen LogP contribution in [0.2, 0.25) is 0 Å². The highest BCUT2D eigenvalue weighted by Gasteiger charge is 2.22. The molecule has 136 valence electrons. The van der Waals surface area contributed by atoms with E-state index in [0.29, 0.717) is 12.2 Å². The lowest BCUT2D eigenvalue weighted by atomic mass is 10.0. The van der Waals surface area contributed by atoms with Crippen LogP contribution in [-0.2, 0) is 10.0 Å². The van der Waals surface area contributed by atoms with Gasteiger partial charge in [0, 0.05) is 12.6 Å². The molecule has 0 saturated carbocycles. The summed E-state index contributed by atoms with van der Waals surface area (Å²) in [6.45, 7) is 7.86. The molecule has 0 fully saturated rings. The molecule has 2 rings (SSSR count). The number of rotatable bonds is 6. The van der Waals surface area contributed by atoms with Crippen molar-refractivity contribution in [2.75, 3.05) is 13.3 Å². The van der Waals surface area contributed by atoms with Crippen molar-refractivity contribution in [1.82, 2.24) is 14.9 Å². The Hall–Kier alpha value is -2.28. The molecule has 1 atom stereocenters. The van der Waals surface area contributed by atoms with Crippen LogP contribution in [0.1, 0.15) is 26.7 Å². The van der Waals surface area contributed by atoms with Crippen molar-refractivity contribution < 1.29 is 8.42 Å². The predicted molar refractivity (Wildman–Crippen MR) is 103 cm³/mol. The van der Waals surface area contributed by atoms with Gasteiger partial charge in [0.2, 0.25) is 10.0 Å². The van der Waals surface area contributed by atoms with Gasteiger partial charge < -0.3 is 10.6 Å². The van der Waals surface area contributed by atoms with E-state index in [1.165, 1.54) is 10.6 Å². The smallest absolute Gasteiger partial charge is 0.231 e. The third-order valence-corrected chi connectivity index (χ3v) is 5.29. The quantitative estimate of drug-likeness (QED) is 0.712. The molecule has 0 aromatic rings. The van der Waals surface area contributed by atoms with E-state index in [1.54, 1.807) is 13.4 Å². The molecule has 25 heavy (non-hydrogen) atoms. The van der Waals surface area contributed by atoms with E-state index in [2.05, 4.69) is 22.2 Å². The second-order valence-corrected chi connectivity index (χ2v) is 8.30. The van der Waals surface area contributed by atoms with Gasteiger partial charge in [0.05, 0.1) is 30.0 Å². The molecule has 6 nitrogen and oxygen atoms in total. The van der Waals surface area contributed by atoms with Crippen molar-refractivity contribution in [2.24, 2.45) is 4.99 Å². The van der Waals surface area contributed by atoms with Gasteiger partial charge in [-0.1, -0.05) is 30.4 Å². The Bertz CT molecular complexity index is 801. The lowest BCUT2D eigenvalue weighted by Gasteiger charge is -2.27. The summed E-state index contributed by atoms with van der Waals surface area (Å²) in [4.78, 5) is 4.40. The predicted octanol–water partition coefficient (Wildman–Crippen LogP) is 2.39. The first-order valence-corrected chi connectivity index (χ1v) is 10.0. The average Bonchev–Trinajstić information content (AvgIpc) is 2.53. The van der Waals surface area contributed by atoms with Crippen molar-refractivity contribution >= 4 is 16.4 Å². The molecule has 0 spiro atoms. The summed E-state index contributed by atoms with van der Waals surface area (Å²) >= 11 is 0. The van der Waals surface area contributed by atoms with Gasteiger partial charge in [0.25, 0.3) is 0 Å². The second kappa shape index (κ2) is 7.74. The normalized spacial score (nSPS) is 20.9. The van der Waals surface area contributed by atoms with E-state index in [-0.39, 0.29) is 6.04 Å². The third-order valence-electron chi connectivity index (χ3n) is 4.08. The third kappa shape index (κ3) is 4.85. The number of hydrogen-bond acceptors (Lipinski definition) is 5. The van der Waals surface area contributed by atoms with Crippen molar-refractivity contribution in [3.63, 3.8) is 0 Å². The molecule has 1 aliphatic heterocycles. The first-order valence-electron chi connectivity index (χ1n) is 8.17. The fourth-order valence-corrected chi connectivity index (χ4v) is 3.15. The van der Waals surface area contributed by atoms with Crippen molar-refractivity contribution in [3.8, 4) is 0 Å². The van der Waals surface area contributed by atoms with Gasteiger partial charge in [0.1, 0.15) is 5.82 Å². The van der Waals surface area contributed by atoms with Gasteiger partial charge in [0.15, 0.2) is 0 Å². The maximum atomic E-state index is 11.9. The molecule has 2 aliphatic rings. The zero-order valence-corrected chi connectivity index (χ0v) is 16.0. The Balaban J connectivity index is 2.43. The number of allylic oxidation sites excluding steroid dienone is 5. The number of nitrogens with one attached hydrogen (secondary N) is 2. The first kappa shape index (κ1) is 19.1. The highest BCUT2D eigenvalue weighted by Crippen LogP contribution is 2.24. The monoisotopic (exact) mass is 362 g/mol. The fraction of sp³-hybridized carbons (Fsp3) is 0.389. The highest BCUT2D eigenvalue weighted by atomic mass is 32.2. The zero-order chi connectivity index (χ0) is 18.6. The Kier molecular flexibility index (Phi) is 5.89. The van der Waals surface area contributed by atoms with Crippen LogP contribution in [-0.4, -0.2) is 38.4 Å². The van der Waals surface area contributed by atoms with Crippen LogP contribution in [0.15, 0.2) is 64.2 Å². The summed E-state index contributed by atoms with van der Waals surface area (Å²) in [7, 11) is -1.73. The molecule has 7 heteroatoms. The molecule has 0 saturated heterocycles. The summed E-state index contributed by atoms with van der Waals surface area (Å²) in [5, 5.41) is 6.48. The summed E-state index contributed by atoms with van der Waals surface area (Å²) in [5.74, 6) is 0.699. The SMILES string of the molecule is C=C(C)/C=C\C1=C(NC2=C(N(C)S(C)(=O)=O)CCC=C2)N=CNC1C. The Labute approximate surface area is 150 Å². The Morgan fingerprint density at radius 3 is 2.88 bits per heavy atom. The number of aliphatic imine (C=N–C) groups is 1. The maximum Gasteiger partial charge on any atom is 0.231 e. The van der Waals surface area contributed by atoms with Crippen molar-refractivity contribution in [2.45, 2.75) is 32.7 Å². The van der Waals surface area contributed by atoms with E-state index in [1.807, 2.05) is 38.2 Å². The van der Waals surface area contributed by atoms with Crippen LogP contribution in [0, 0.1) is 0 Å². The van der Waals surface area contributed by atoms with Gasteiger partial charge in [-0.05, 0) is 32.8 Å². The number of nitrogens with zero attached hydrogens (tertiary/aromatic N) is 2. The molecule has 1 unspecified atom stereocenters. The van der Waals surface area contributed by atoms with Gasteiger partial charge in [-0.25, -0.2) is 13.4 Å². The molecule has 0 bridgehead atoms. The molecule has 1 aliphatic carbocycles. The summed E-state index contributed by atoms with van der Waals surface area (Å²) in [6.07, 6.45) is 12.2. The molecule has 0 amide bonds. The summed E-state index contributed by atoms with van der Waals surface area (Å²) < 4.78 is 25.2. The largest absolute Gasteiger partial charge is 0.369 e. The minimum atomic E-state index is -3.31. The van der Waals surface area contributed by atoms with Crippen LogP contribution >= 0.6 is 0 Å². The number of sulfonamides is 1. The summed E-state index contributed by atoms with van der Waals surface area (Å²) in [6, 6.07) is 0.0832. The van der Waals surface area contributed by atoms with E-state index in [9.17, 15) is 8.42 Å². The van der Waals surface area contributed by atoms with Crippen LogP contribution < -0.4 is 10.6 Å². The van der Waals surface area contributed by atoms with E-state index in [0.717, 1.165) is 29.0 Å². The van der Waals surface area contributed by atoms with Crippen LogP contribution in [0.5, 0.6) is 0 Å². The van der Waals surface area contributed by atoms with E-state index < -0.39 is 10.0 Å². The van der Waals surface area contributed by atoms with Gasteiger partial charge in [-0.15, -0.1) is 0 Å². The first-order chi connectivity index (χ1) is 11.7. The molecule has 0 radical (unpaired) electrons. The molecule has 0 aromatic heterocycles.